The van der Waals surface area contributed by atoms with Crippen molar-refractivity contribution in [3.8, 4) is 0 Å². The third-order valence-electron chi connectivity index (χ3n) is 5.23. The lowest BCUT2D eigenvalue weighted by Crippen LogP contribution is -2.39. The number of methoxy groups -OCH3 is 1. The maximum Gasteiger partial charge on any atom is 0.0974 e. The Morgan fingerprint density at radius 1 is 1.08 bits per heavy atom. The van der Waals surface area contributed by atoms with Crippen molar-refractivity contribution >= 4 is 11.8 Å². The van der Waals surface area contributed by atoms with Gasteiger partial charge >= 0.3 is 0 Å². The molecule has 3 rings (SSSR count). The molecule has 0 aromatic heterocycles. The monoisotopic (exact) mass is 370 g/mol. The van der Waals surface area contributed by atoms with Crippen molar-refractivity contribution in [1.29, 1.82) is 0 Å². The van der Waals surface area contributed by atoms with Gasteiger partial charge in [-0.15, -0.1) is 0 Å². The van der Waals surface area contributed by atoms with Gasteiger partial charge in [0.2, 0.25) is 0 Å². The van der Waals surface area contributed by atoms with Gasteiger partial charge in [-0.3, -0.25) is 0 Å². The van der Waals surface area contributed by atoms with Crippen molar-refractivity contribution in [1.82, 2.24) is 0 Å². The SMILES string of the molecule is COC1(c2cccc(Sc3ccc(C(C)(C)C)cc3)c2)CCOC(C)C1. The van der Waals surface area contributed by atoms with Crippen LogP contribution in [0.4, 0.5) is 0 Å². The molecule has 140 valence electrons. The van der Waals surface area contributed by atoms with Crippen LogP contribution in [0.2, 0.25) is 0 Å². The molecule has 0 N–H and O–H groups in total. The minimum absolute atomic E-state index is 0.188. The van der Waals surface area contributed by atoms with Crippen molar-refractivity contribution in [3.63, 3.8) is 0 Å². The first-order valence-electron chi connectivity index (χ1n) is 9.38. The van der Waals surface area contributed by atoms with E-state index in [1.165, 1.54) is 20.9 Å². The molecule has 1 fully saturated rings. The van der Waals surface area contributed by atoms with Crippen molar-refractivity contribution in [3.05, 3.63) is 59.7 Å². The predicted octanol–water partition coefficient (Wildman–Crippen LogP) is 6.18. The van der Waals surface area contributed by atoms with Crippen molar-refractivity contribution in [2.75, 3.05) is 13.7 Å². The van der Waals surface area contributed by atoms with E-state index < -0.39 is 0 Å². The molecule has 1 saturated heterocycles. The maximum absolute atomic E-state index is 6.00. The summed E-state index contributed by atoms with van der Waals surface area (Å²) in [6, 6.07) is 17.7. The molecule has 0 radical (unpaired) electrons. The molecule has 2 atom stereocenters. The minimum Gasteiger partial charge on any atom is -0.378 e. The average Bonchev–Trinajstić information content (AvgIpc) is 2.61. The fourth-order valence-corrected chi connectivity index (χ4v) is 4.49. The minimum atomic E-state index is -0.232. The lowest BCUT2D eigenvalue weighted by Gasteiger charge is -2.39. The Morgan fingerprint density at radius 3 is 2.42 bits per heavy atom. The van der Waals surface area contributed by atoms with Gasteiger partial charge < -0.3 is 9.47 Å². The summed E-state index contributed by atoms with van der Waals surface area (Å²) in [4.78, 5) is 2.52. The number of ether oxygens (including phenoxy) is 2. The van der Waals surface area contributed by atoms with Gasteiger partial charge in [0.05, 0.1) is 18.3 Å². The van der Waals surface area contributed by atoms with Crippen LogP contribution in [0.25, 0.3) is 0 Å². The molecule has 2 aromatic rings. The fourth-order valence-electron chi connectivity index (χ4n) is 3.62. The number of benzene rings is 2. The van der Waals surface area contributed by atoms with E-state index in [0.717, 1.165) is 19.4 Å². The standard InChI is InChI=1S/C23H30O2S/c1-17-16-23(24-5,13-14-25-17)19-7-6-8-21(15-19)26-20-11-9-18(10-12-20)22(2,3)4/h6-12,15,17H,13-14,16H2,1-5H3. The van der Waals surface area contributed by atoms with Crippen LogP contribution in [-0.4, -0.2) is 19.8 Å². The normalized spacial score (nSPS) is 23.8. The summed E-state index contributed by atoms with van der Waals surface area (Å²) >= 11 is 1.81. The number of rotatable bonds is 4. The first-order valence-corrected chi connectivity index (χ1v) is 10.2. The molecule has 1 aliphatic heterocycles. The highest BCUT2D eigenvalue weighted by molar-refractivity contribution is 7.99. The summed E-state index contributed by atoms with van der Waals surface area (Å²) < 4.78 is 11.7. The van der Waals surface area contributed by atoms with E-state index in [1.54, 1.807) is 0 Å². The zero-order valence-electron chi connectivity index (χ0n) is 16.5. The highest BCUT2D eigenvalue weighted by atomic mass is 32.2. The number of hydrogen-bond acceptors (Lipinski definition) is 3. The third kappa shape index (κ3) is 4.33. The van der Waals surface area contributed by atoms with Gasteiger partial charge in [0.25, 0.3) is 0 Å². The summed E-state index contributed by atoms with van der Waals surface area (Å²) in [7, 11) is 1.82. The van der Waals surface area contributed by atoms with Gasteiger partial charge in [0.1, 0.15) is 0 Å². The van der Waals surface area contributed by atoms with Crippen LogP contribution in [0.3, 0.4) is 0 Å². The molecule has 2 nitrogen and oxygen atoms in total. The van der Waals surface area contributed by atoms with Gasteiger partial charge in [0.15, 0.2) is 0 Å². The Kier molecular flexibility index (Phi) is 5.81. The molecular formula is C23H30O2S. The largest absolute Gasteiger partial charge is 0.378 e. The summed E-state index contributed by atoms with van der Waals surface area (Å²) in [5.41, 5.74) is 2.58. The summed E-state index contributed by atoms with van der Waals surface area (Å²) in [5, 5.41) is 0. The van der Waals surface area contributed by atoms with Gasteiger partial charge in [0, 0.05) is 29.7 Å². The van der Waals surface area contributed by atoms with E-state index in [2.05, 4.69) is 76.2 Å². The van der Waals surface area contributed by atoms with E-state index in [-0.39, 0.29) is 17.1 Å². The summed E-state index contributed by atoms with van der Waals surface area (Å²) in [6.45, 7) is 9.62. The van der Waals surface area contributed by atoms with Crippen molar-refractivity contribution < 1.29 is 9.47 Å². The van der Waals surface area contributed by atoms with Crippen molar-refractivity contribution in [2.45, 2.75) is 67.4 Å². The second kappa shape index (κ2) is 7.75. The van der Waals surface area contributed by atoms with Crippen LogP contribution >= 0.6 is 11.8 Å². The third-order valence-corrected chi connectivity index (χ3v) is 6.23. The van der Waals surface area contributed by atoms with E-state index >= 15 is 0 Å². The van der Waals surface area contributed by atoms with Crippen LogP contribution in [0.5, 0.6) is 0 Å². The summed E-state index contributed by atoms with van der Waals surface area (Å²) in [6.07, 6.45) is 2.03. The quantitative estimate of drug-likeness (QED) is 0.640. The number of hydrogen-bond donors (Lipinski definition) is 0. The fraction of sp³-hybridized carbons (Fsp3) is 0.478. The second-order valence-electron chi connectivity index (χ2n) is 8.24. The van der Waals surface area contributed by atoms with Crippen LogP contribution < -0.4 is 0 Å². The van der Waals surface area contributed by atoms with Crippen LogP contribution in [-0.2, 0) is 20.5 Å². The molecule has 2 aromatic carbocycles. The van der Waals surface area contributed by atoms with Gasteiger partial charge in [-0.05, 0) is 47.7 Å². The van der Waals surface area contributed by atoms with Gasteiger partial charge in [-0.25, -0.2) is 0 Å². The molecule has 0 amide bonds. The summed E-state index contributed by atoms with van der Waals surface area (Å²) in [5.74, 6) is 0. The maximum atomic E-state index is 6.00. The molecule has 0 saturated carbocycles. The smallest absolute Gasteiger partial charge is 0.0974 e. The molecular weight excluding hydrogens is 340 g/mol. The second-order valence-corrected chi connectivity index (χ2v) is 9.39. The highest BCUT2D eigenvalue weighted by Crippen LogP contribution is 2.40. The van der Waals surface area contributed by atoms with E-state index in [0.29, 0.717) is 0 Å². The lowest BCUT2D eigenvalue weighted by atomic mass is 9.84. The van der Waals surface area contributed by atoms with Crippen LogP contribution in [0.1, 0.15) is 51.7 Å². The molecule has 3 heteroatoms. The predicted molar refractivity (Wildman–Crippen MR) is 109 cm³/mol. The van der Waals surface area contributed by atoms with Crippen molar-refractivity contribution in [2.24, 2.45) is 0 Å². The van der Waals surface area contributed by atoms with E-state index in [1.807, 2.05) is 18.9 Å². The molecule has 1 aliphatic rings. The Labute approximate surface area is 162 Å². The first-order chi connectivity index (χ1) is 12.3. The van der Waals surface area contributed by atoms with Gasteiger partial charge in [-0.2, -0.15) is 0 Å². The Morgan fingerprint density at radius 2 is 1.81 bits per heavy atom. The average molecular weight is 371 g/mol. The molecule has 1 heterocycles. The Bertz CT molecular complexity index is 733. The van der Waals surface area contributed by atoms with Crippen LogP contribution in [0.15, 0.2) is 58.3 Å². The molecule has 0 bridgehead atoms. The topological polar surface area (TPSA) is 18.5 Å². The highest BCUT2D eigenvalue weighted by Gasteiger charge is 2.37. The first kappa shape index (κ1) is 19.5. The van der Waals surface area contributed by atoms with Gasteiger partial charge in [-0.1, -0.05) is 56.8 Å². The molecule has 0 aliphatic carbocycles. The Balaban J connectivity index is 1.81. The zero-order chi connectivity index (χ0) is 18.8. The zero-order valence-corrected chi connectivity index (χ0v) is 17.4. The van der Waals surface area contributed by atoms with E-state index in [4.69, 9.17) is 9.47 Å². The molecule has 2 unspecified atom stereocenters. The molecule has 0 spiro atoms. The Hall–Kier alpha value is -1.29. The van der Waals surface area contributed by atoms with E-state index in [9.17, 15) is 0 Å². The lowest BCUT2D eigenvalue weighted by molar-refractivity contribution is -0.122. The van der Waals surface area contributed by atoms with Crippen LogP contribution in [0, 0.1) is 0 Å². The molecule has 26 heavy (non-hydrogen) atoms.